The second kappa shape index (κ2) is 6.97. The van der Waals surface area contributed by atoms with Gasteiger partial charge in [-0.05, 0) is 42.0 Å². The van der Waals surface area contributed by atoms with Crippen LogP contribution < -0.4 is 4.74 Å². The molecule has 3 aromatic rings. The average Bonchev–Trinajstić information content (AvgIpc) is 2.94. The first-order chi connectivity index (χ1) is 11.3. The van der Waals surface area contributed by atoms with Crippen molar-refractivity contribution in [2.45, 2.75) is 6.42 Å². The number of methoxy groups -OCH3 is 1. The first kappa shape index (κ1) is 15.1. The number of benzene rings is 1. The Hall–Kier alpha value is -2.80. The van der Waals surface area contributed by atoms with Gasteiger partial charge < -0.3 is 4.74 Å². The molecular formula is C16H15N5OS. The number of hydrogen-bond acceptors (Lipinski definition) is 5. The Balaban J connectivity index is 1.83. The van der Waals surface area contributed by atoms with Crippen molar-refractivity contribution in [3.8, 4) is 5.75 Å². The number of pyridine rings is 1. The first-order valence-electron chi connectivity index (χ1n) is 7.01. The lowest BCUT2D eigenvalue weighted by Gasteiger charge is -2.03. The van der Waals surface area contributed by atoms with Crippen LogP contribution >= 0.6 is 12.2 Å². The Labute approximate surface area is 138 Å². The van der Waals surface area contributed by atoms with E-state index in [1.807, 2.05) is 42.5 Å². The second-order valence-electron chi connectivity index (χ2n) is 4.78. The number of aromatic nitrogens is 4. The summed E-state index contributed by atoms with van der Waals surface area (Å²) in [4.78, 5) is 4.20. The van der Waals surface area contributed by atoms with Crippen molar-refractivity contribution in [3.05, 3.63) is 70.5 Å². The maximum atomic E-state index is 5.23. The fourth-order valence-corrected chi connectivity index (χ4v) is 2.25. The van der Waals surface area contributed by atoms with Crippen LogP contribution in [0.2, 0.25) is 0 Å². The number of nitrogens with one attached hydrogen (secondary N) is 1. The van der Waals surface area contributed by atoms with Crippen molar-refractivity contribution in [1.82, 2.24) is 19.9 Å². The predicted molar refractivity (Wildman–Crippen MR) is 90.4 cm³/mol. The zero-order valence-electron chi connectivity index (χ0n) is 12.5. The van der Waals surface area contributed by atoms with Gasteiger partial charge in [-0.15, -0.1) is 0 Å². The van der Waals surface area contributed by atoms with Crippen LogP contribution in [0, 0.1) is 4.77 Å². The predicted octanol–water partition coefficient (Wildman–Crippen LogP) is 2.82. The molecule has 0 aliphatic carbocycles. The van der Waals surface area contributed by atoms with Gasteiger partial charge in [-0.2, -0.15) is 14.9 Å². The minimum absolute atomic E-state index is 0.445. The molecule has 0 saturated carbocycles. The van der Waals surface area contributed by atoms with Gasteiger partial charge >= 0.3 is 0 Å². The molecule has 116 valence electrons. The highest BCUT2D eigenvalue weighted by Crippen LogP contribution is 2.14. The lowest BCUT2D eigenvalue weighted by molar-refractivity contribution is 0.414. The highest BCUT2D eigenvalue weighted by atomic mass is 32.1. The number of hydrogen-bond donors (Lipinski definition) is 1. The third-order valence-electron chi connectivity index (χ3n) is 3.23. The molecular weight excluding hydrogens is 310 g/mol. The van der Waals surface area contributed by atoms with E-state index in [1.165, 1.54) is 0 Å². The Morgan fingerprint density at radius 3 is 2.78 bits per heavy atom. The Morgan fingerprint density at radius 2 is 2.09 bits per heavy atom. The summed E-state index contributed by atoms with van der Waals surface area (Å²) in [6, 6.07) is 13.4. The van der Waals surface area contributed by atoms with E-state index >= 15 is 0 Å². The van der Waals surface area contributed by atoms with E-state index in [2.05, 4.69) is 20.3 Å². The third kappa shape index (κ3) is 3.70. The van der Waals surface area contributed by atoms with Gasteiger partial charge in [0, 0.05) is 12.6 Å². The number of aromatic amines is 1. The third-order valence-corrected chi connectivity index (χ3v) is 3.50. The molecule has 3 rings (SSSR count). The molecule has 0 unspecified atom stereocenters. The summed E-state index contributed by atoms with van der Waals surface area (Å²) in [6.07, 6.45) is 3.98. The summed E-state index contributed by atoms with van der Waals surface area (Å²) in [5.41, 5.74) is 1.85. The summed E-state index contributed by atoms with van der Waals surface area (Å²) in [5, 5.41) is 11.4. The van der Waals surface area contributed by atoms with Gasteiger partial charge in [0.15, 0.2) is 5.82 Å². The van der Waals surface area contributed by atoms with E-state index in [-0.39, 0.29) is 0 Å². The molecule has 0 saturated heterocycles. The highest BCUT2D eigenvalue weighted by molar-refractivity contribution is 7.71. The van der Waals surface area contributed by atoms with Crippen LogP contribution in [-0.2, 0) is 6.42 Å². The van der Waals surface area contributed by atoms with Gasteiger partial charge in [0.05, 0.1) is 19.0 Å². The maximum absolute atomic E-state index is 5.23. The molecule has 2 aromatic heterocycles. The van der Waals surface area contributed by atoms with Crippen molar-refractivity contribution in [2.24, 2.45) is 5.10 Å². The fourth-order valence-electron chi connectivity index (χ4n) is 2.05. The molecule has 0 bridgehead atoms. The van der Waals surface area contributed by atoms with Crippen molar-refractivity contribution >= 4 is 18.4 Å². The lowest BCUT2D eigenvalue weighted by Crippen LogP contribution is -2.01. The Morgan fingerprint density at radius 1 is 1.26 bits per heavy atom. The molecule has 6 nitrogen and oxygen atoms in total. The molecule has 23 heavy (non-hydrogen) atoms. The highest BCUT2D eigenvalue weighted by Gasteiger charge is 2.06. The fraction of sp³-hybridized carbons (Fsp3) is 0.125. The summed E-state index contributed by atoms with van der Waals surface area (Å²) in [6.45, 7) is 0. The molecule has 0 radical (unpaired) electrons. The SMILES string of the molecule is COc1ccc(Cc2n[nH]c(=S)n2/N=C\c2ccccn2)cc1. The van der Waals surface area contributed by atoms with E-state index in [4.69, 9.17) is 17.0 Å². The van der Waals surface area contributed by atoms with E-state index in [9.17, 15) is 0 Å². The molecule has 0 aliphatic rings. The zero-order valence-corrected chi connectivity index (χ0v) is 13.3. The molecule has 7 heteroatoms. The quantitative estimate of drug-likeness (QED) is 0.578. The van der Waals surface area contributed by atoms with Crippen LogP contribution in [-0.4, -0.2) is 33.2 Å². The van der Waals surface area contributed by atoms with Gasteiger partial charge in [0.2, 0.25) is 4.77 Å². The summed E-state index contributed by atoms with van der Waals surface area (Å²) >= 11 is 5.23. The monoisotopic (exact) mass is 325 g/mol. The van der Waals surface area contributed by atoms with Crippen molar-refractivity contribution < 1.29 is 4.74 Å². The van der Waals surface area contributed by atoms with Gasteiger partial charge in [-0.3, -0.25) is 10.1 Å². The van der Waals surface area contributed by atoms with E-state index in [0.29, 0.717) is 11.2 Å². The van der Waals surface area contributed by atoms with Gasteiger partial charge in [-0.25, -0.2) is 0 Å². The normalized spacial score (nSPS) is 11.0. The first-order valence-corrected chi connectivity index (χ1v) is 7.42. The maximum Gasteiger partial charge on any atom is 0.216 e. The largest absolute Gasteiger partial charge is 0.497 e. The van der Waals surface area contributed by atoms with E-state index in [0.717, 1.165) is 22.8 Å². The zero-order chi connectivity index (χ0) is 16.1. The minimum Gasteiger partial charge on any atom is -0.497 e. The van der Waals surface area contributed by atoms with E-state index in [1.54, 1.807) is 24.2 Å². The standard InChI is InChI=1S/C16H15N5OS/c1-22-14-7-5-12(6-8-14)10-15-19-20-16(23)21(15)18-11-13-4-2-3-9-17-13/h2-9,11H,10H2,1H3,(H,20,23)/b18-11-. The van der Waals surface area contributed by atoms with Crippen LogP contribution in [0.3, 0.4) is 0 Å². The van der Waals surface area contributed by atoms with Gasteiger partial charge in [0.1, 0.15) is 5.75 Å². The minimum atomic E-state index is 0.445. The second-order valence-corrected chi connectivity index (χ2v) is 5.17. The topological polar surface area (TPSA) is 68.1 Å². The Bertz CT molecular complexity index is 852. The average molecular weight is 325 g/mol. The smallest absolute Gasteiger partial charge is 0.216 e. The molecule has 0 aliphatic heterocycles. The van der Waals surface area contributed by atoms with Crippen LogP contribution in [0.15, 0.2) is 53.8 Å². The van der Waals surface area contributed by atoms with Crippen LogP contribution in [0.5, 0.6) is 5.75 Å². The molecule has 1 N–H and O–H groups in total. The van der Waals surface area contributed by atoms with Crippen LogP contribution in [0.1, 0.15) is 17.1 Å². The number of rotatable bonds is 5. The van der Waals surface area contributed by atoms with E-state index < -0.39 is 0 Å². The number of nitrogens with zero attached hydrogens (tertiary/aromatic N) is 4. The summed E-state index contributed by atoms with van der Waals surface area (Å²) < 4.78 is 7.21. The molecule has 0 fully saturated rings. The molecule has 1 aromatic carbocycles. The lowest BCUT2D eigenvalue weighted by atomic mass is 10.1. The molecule has 0 amide bonds. The van der Waals surface area contributed by atoms with Crippen LogP contribution in [0.4, 0.5) is 0 Å². The summed E-state index contributed by atoms with van der Waals surface area (Å²) in [5.74, 6) is 1.55. The van der Waals surface area contributed by atoms with Gasteiger partial charge in [0.25, 0.3) is 0 Å². The van der Waals surface area contributed by atoms with Crippen molar-refractivity contribution in [2.75, 3.05) is 7.11 Å². The van der Waals surface area contributed by atoms with Crippen molar-refractivity contribution in [3.63, 3.8) is 0 Å². The molecule has 0 atom stereocenters. The Kier molecular flexibility index (Phi) is 4.58. The molecule has 2 heterocycles. The van der Waals surface area contributed by atoms with Crippen molar-refractivity contribution in [1.29, 1.82) is 0 Å². The van der Waals surface area contributed by atoms with Crippen LogP contribution in [0.25, 0.3) is 0 Å². The molecule has 0 spiro atoms. The number of H-pyrrole nitrogens is 1. The van der Waals surface area contributed by atoms with Gasteiger partial charge in [-0.1, -0.05) is 18.2 Å². The summed E-state index contributed by atoms with van der Waals surface area (Å²) in [7, 11) is 1.65. The number of ether oxygens (including phenoxy) is 1.